The fraction of sp³-hybridized carbons (Fsp3) is 0.500. The van der Waals surface area contributed by atoms with Crippen molar-refractivity contribution in [3.05, 3.63) is 51.3 Å². The Morgan fingerprint density at radius 1 is 1.34 bits per heavy atom. The van der Waals surface area contributed by atoms with Gasteiger partial charge in [0.1, 0.15) is 5.69 Å². The number of hydrogen-bond donors (Lipinski definition) is 1. The van der Waals surface area contributed by atoms with E-state index in [2.05, 4.69) is 10.4 Å². The number of nitro benzene ring substituents is 1. The second-order valence-electron chi connectivity index (χ2n) is 7.76. The van der Waals surface area contributed by atoms with E-state index in [1.54, 1.807) is 12.1 Å². The van der Waals surface area contributed by atoms with Gasteiger partial charge in [-0.3, -0.25) is 19.6 Å². The molecule has 9 nitrogen and oxygen atoms in total. The van der Waals surface area contributed by atoms with Crippen LogP contribution in [0.3, 0.4) is 0 Å². The predicted octanol–water partition coefficient (Wildman–Crippen LogP) is 2.21. The summed E-state index contributed by atoms with van der Waals surface area (Å²) >= 11 is 0. The number of amides is 1. The molecule has 9 heteroatoms. The van der Waals surface area contributed by atoms with Gasteiger partial charge in [-0.15, -0.1) is 0 Å². The van der Waals surface area contributed by atoms with Crippen molar-refractivity contribution in [3.63, 3.8) is 0 Å². The van der Waals surface area contributed by atoms with E-state index in [9.17, 15) is 14.9 Å². The van der Waals surface area contributed by atoms with Gasteiger partial charge in [-0.2, -0.15) is 5.10 Å². The largest absolute Gasteiger partial charge is 0.373 e. The number of nitrogens with zero attached hydrogens (tertiary/aromatic N) is 4. The second kappa shape index (κ2) is 7.82. The number of benzene rings is 1. The van der Waals surface area contributed by atoms with Crippen LogP contribution in [0.1, 0.15) is 34.6 Å². The molecular weight excluding hydrogens is 374 g/mol. The number of ether oxygens (including phenoxy) is 1. The summed E-state index contributed by atoms with van der Waals surface area (Å²) in [6.45, 7) is 6.09. The first-order valence-corrected chi connectivity index (χ1v) is 9.87. The maximum Gasteiger partial charge on any atom is 0.293 e. The summed E-state index contributed by atoms with van der Waals surface area (Å²) < 4.78 is 7.78. The molecule has 2 aromatic rings. The van der Waals surface area contributed by atoms with E-state index in [0.717, 1.165) is 24.2 Å². The Morgan fingerprint density at radius 3 is 2.79 bits per heavy atom. The summed E-state index contributed by atoms with van der Waals surface area (Å²) in [5, 5.41) is 19.0. The van der Waals surface area contributed by atoms with Crippen molar-refractivity contribution in [3.8, 4) is 0 Å². The molecule has 0 spiro atoms. The Balaban J connectivity index is 1.52. The average Bonchev–Trinajstić information content (AvgIpc) is 3.45. The fourth-order valence-corrected chi connectivity index (χ4v) is 3.68. The van der Waals surface area contributed by atoms with Gasteiger partial charge in [0.15, 0.2) is 0 Å². The minimum Gasteiger partial charge on any atom is -0.373 e. The highest BCUT2D eigenvalue weighted by Gasteiger charge is 2.29. The van der Waals surface area contributed by atoms with E-state index in [0.29, 0.717) is 37.5 Å². The lowest BCUT2D eigenvalue weighted by Gasteiger charge is -2.34. The van der Waals surface area contributed by atoms with Gasteiger partial charge >= 0.3 is 0 Å². The average molecular weight is 399 g/mol. The Morgan fingerprint density at radius 2 is 2.14 bits per heavy atom. The third-order valence-electron chi connectivity index (χ3n) is 5.31. The van der Waals surface area contributed by atoms with Crippen LogP contribution in [0.15, 0.2) is 24.3 Å². The standard InChI is InChI=1S/C20H25N5O4/c1-13-9-14(2)24(22-13)12-17-11-23(7-8-29-17)18-6-3-15(10-19(18)25(27)28)20(26)21-16-4-5-16/h3,6,9-10,16-17H,4-5,7-8,11-12H2,1-2H3,(H,21,26). The molecular formula is C20H25N5O4. The molecule has 2 aliphatic rings. The van der Waals surface area contributed by atoms with Crippen LogP contribution >= 0.6 is 0 Å². The summed E-state index contributed by atoms with van der Waals surface area (Å²) in [4.78, 5) is 25.5. The number of nitro groups is 1. The number of carbonyl (C=O) groups is 1. The van der Waals surface area contributed by atoms with Crippen LogP contribution in [-0.4, -0.2) is 52.5 Å². The normalized spacial score (nSPS) is 19.2. The zero-order valence-electron chi connectivity index (χ0n) is 16.6. The van der Waals surface area contributed by atoms with E-state index in [1.807, 2.05) is 29.5 Å². The van der Waals surface area contributed by atoms with Gasteiger partial charge in [-0.1, -0.05) is 0 Å². The zero-order chi connectivity index (χ0) is 20.5. The van der Waals surface area contributed by atoms with Crippen LogP contribution in [0.25, 0.3) is 0 Å². The molecule has 1 aliphatic heterocycles. The van der Waals surface area contributed by atoms with Gasteiger partial charge in [0.05, 0.1) is 29.9 Å². The van der Waals surface area contributed by atoms with Crippen molar-refractivity contribution >= 4 is 17.3 Å². The predicted molar refractivity (Wildman–Crippen MR) is 107 cm³/mol. The van der Waals surface area contributed by atoms with Crippen molar-refractivity contribution < 1.29 is 14.5 Å². The SMILES string of the molecule is Cc1cc(C)n(CC2CN(c3ccc(C(=O)NC4CC4)cc3[N+](=O)[O-])CCO2)n1. The summed E-state index contributed by atoms with van der Waals surface area (Å²) in [6, 6.07) is 6.92. The van der Waals surface area contributed by atoms with E-state index in [1.165, 1.54) is 6.07 Å². The smallest absolute Gasteiger partial charge is 0.293 e. The molecule has 0 bridgehead atoms. The third kappa shape index (κ3) is 4.40. The highest BCUT2D eigenvalue weighted by molar-refractivity contribution is 5.96. The molecule has 4 rings (SSSR count). The molecule has 0 radical (unpaired) electrons. The van der Waals surface area contributed by atoms with Gasteiger partial charge in [-0.05, 0) is 44.9 Å². The van der Waals surface area contributed by atoms with Crippen LogP contribution in [0, 0.1) is 24.0 Å². The molecule has 1 saturated carbocycles. The molecule has 154 valence electrons. The van der Waals surface area contributed by atoms with Crippen molar-refractivity contribution in [1.82, 2.24) is 15.1 Å². The quantitative estimate of drug-likeness (QED) is 0.590. The number of rotatable bonds is 6. The lowest BCUT2D eigenvalue weighted by Crippen LogP contribution is -2.44. The van der Waals surface area contributed by atoms with Crippen LogP contribution < -0.4 is 10.2 Å². The molecule has 1 aromatic heterocycles. The van der Waals surface area contributed by atoms with Crippen LogP contribution in [0.2, 0.25) is 0 Å². The van der Waals surface area contributed by atoms with Crippen molar-refractivity contribution in [2.45, 2.75) is 45.4 Å². The fourth-order valence-electron chi connectivity index (χ4n) is 3.68. The topological polar surface area (TPSA) is 103 Å². The van der Waals surface area contributed by atoms with Gasteiger partial charge in [0.2, 0.25) is 0 Å². The number of hydrogen-bond acceptors (Lipinski definition) is 6. The maximum absolute atomic E-state index is 12.3. The van der Waals surface area contributed by atoms with Gasteiger partial charge in [0, 0.05) is 36.5 Å². The highest BCUT2D eigenvalue weighted by atomic mass is 16.6. The van der Waals surface area contributed by atoms with E-state index in [4.69, 9.17) is 4.74 Å². The van der Waals surface area contributed by atoms with Crippen molar-refractivity contribution in [2.75, 3.05) is 24.6 Å². The first-order valence-electron chi connectivity index (χ1n) is 9.87. The van der Waals surface area contributed by atoms with Crippen LogP contribution in [0.5, 0.6) is 0 Å². The summed E-state index contributed by atoms with van der Waals surface area (Å²) in [5.41, 5.74) is 2.78. The van der Waals surface area contributed by atoms with Crippen molar-refractivity contribution in [2.24, 2.45) is 0 Å². The minimum atomic E-state index is -0.422. The number of aromatic nitrogens is 2. The minimum absolute atomic E-state index is 0.0554. The molecule has 1 saturated heterocycles. The number of morpholine rings is 1. The number of aryl methyl sites for hydroxylation is 2. The number of carbonyl (C=O) groups excluding carboxylic acids is 1. The molecule has 2 heterocycles. The monoisotopic (exact) mass is 399 g/mol. The Labute approximate surface area is 168 Å². The van der Waals surface area contributed by atoms with Crippen LogP contribution in [-0.2, 0) is 11.3 Å². The second-order valence-corrected chi connectivity index (χ2v) is 7.76. The van der Waals surface area contributed by atoms with E-state index < -0.39 is 4.92 Å². The van der Waals surface area contributed by atoms with E-state index >= 15 is 0 Å². The molecule has 1 atom stereocenters. The van der Waals surface area contributed by atoms with Gasteiger partial charge in [-0.25, -0.2) is 0 Å². The van der Waals surface area contributed by atoms with E-state index in [-0.39, 0.29) is 23.7 Å². The molecule has 1 N–H and O–H groups in total. The Hall–Kier alpha value is -2.94. The highest BCUT2D eigenvalue weighted by Crippen LogP contribution is 2.31. The van der Waals surface area contributed by atoms with Crippen LogP contribution in [0.4, 0.5) is 11.4 Å². The molecule has 1 amide bonds. The Bertz CT molecular complexity index is 937. The van der Waals surface area contributed by atoms with Gasteiger partial charge in [0.25, 0.3) is 11.6 Å². The maximum atomic E-state index is 12.3. The molecule has 2 fully saturated rings. The zero-order valence-corrected chi connectivity index (χ0v) is 16.6. The number of anilines is 1. The first kappa shape index (κ1) is 19.4. The molecule has 1 aromatic carbocycles. The third-order valence-corrected chi connectivity index (χ3v) is 5.31. The lowest BCUT2D eigenvalue weighted by atomic mass is 10.1. The molecule has 1 aliphatic carbocycles. The lowest BCUT2D eigenvalue weighted by molar-refractivity contribution is -0.384. The summed E-state index contributed by atoms with van der Waals surface area (Å²) in [7, 11) is 0. The summed E-state index contributed by atoms with van der Waals surface area (Å²) in [5.74, 6) is -0.258. The van der Waals surface area contributed by atoms with Gasteiger partial charge < -0.3 is 15.0 Å². The van der Waals surface area contributed by atoms with Crippen molar-refractivity contribution in [1.29, 1.82) is 0 Å². The first-order chi connectivity index (χ1) is 13.9. The Kier molecular flexibility index (Phi) is 5.23. The molecule has 29 heavy (non-hydrogen) atoms. The molecule has 1 unspecified atom stereocenters. The number of nitrogens with one attached hydrogen (secondary N) is 1. The summed E-state index contributed by atoms with van der Waals surface area (Å²) in [6.07, 6.45) is 1.81.